The Hall–Kier alpha value is -1.55. The predicted molar refractivity (Wildman–Crippen MR) is 82.5 cm³/mol. The molecule has 4 heteroatoms. The van der Waals surface area contributed by atoms with Gasteiger partial charge in [0.1, 0.15) is 5.75 Å². The van der Waals surface area contributed by atoms with E-state index in [1.165, 1.54) is 5.56 Å². The molecular weight excluding hydrogens is 266 g/mol. The summed E-state index contributed by atoms with van der Waals surface area (Å²) in [6, 6.07) is 7.83. The van der Waals surface area contributed by atoms with Gasteiger partial charge < -0.3 is 14.7 Å². The third kappa shape index (κ3) is 4.21. The number of aliphatic hydroxyl groups is 1. The second-order valence-corrected chi connectivity index (χ2v) is 5.94. The number of rotatable bonds is 5. The zero-order valence-electron chi connectivity index (χ0n) is 12.9. The van der Waals surface area contributed by atoms with Crippen LogP contribution in [0, 0.1) is 0 Å². The Morgan fingerprint density at radius 3 is 2.95 bits per heavy atom. The van der Waals surface area contributed by atoms with E-state index in [-0.39, 0.29) is 25.2 Å². The van der Waals surface area contributed by atoms with Crippen LogP contribution in [0.25, 0.3) is 0 Å². The van der Waals surface area contributed by atoms with Crippen molar-refractivity contribution >= 4 is 5.91 Å². The number of likely N-dealkylation sites (tertiary alicyclic amines) is 1. The minimum Gasteiger partial charge on any atom is -0.484 e. The van der Waals surface area contributed by atoms with E-state index in [1.807, 2.05) is 18.2 Å². The zero-order valence-corrected chi connectivity index (χ0v) is 12.9. The van der Waals surface area contributed by atoms with E-state index in [0.29, 0.717) is 5.92 Å². The maximum atomic E-state index is 12.2. The summed E-state index contributed by atoms with van der Waals surface area (Å²) in [6.45, 7) is 5.06. The maximum Gasteiger partial charge on any atom is 0.260 e. The van der Waals surface area contributed by atoms with Crippen LogP contribution in [-0.2, 0) is 4.79 Å². The summed E-state index contributed by atoms with van der Waals surface area (Å²) < 4.78 is 5.63. The van der Waals surface area contributed by atoms with Crippen molar-refractivity contribution in [1.29, 1.82) is 0 Å². The summed E-state index contributed by atoms with van der Waals surface area (Å²) in [5.74, 6) is 1.13. The van der Waals surface area contributed by atoms with Gasteiger partial charge in [-0.3, -0.25) is 4.79 Å². The van der Waals surface area contributed by atoms with Crippen LogP contribution in [0.4, 0.5) is 0 Å². The number of nitrogens with zero attached hydrogens (tertiary/aromatic N) is 1. The Bertz CT molecular complexity index is 473. The van der Waals surface area contributed by atoms with E-state index in [2.05, 4.69) is 19.9 Å². The lowest BCUT2D eigenvalue weighted by molar-refractivity contribution is -0.138. The van der Waals surface area contributed by atoms with Crippen LogP contribution in [0.1, 0.15) is 44.6 Å². The molecule has 1 heterocycles. The average molecular weight is 291 g/mol. The van der Waals surface area contributed by atoms with E-state index in [4.69, 9.17) is 4.74 Å². The van der Waals surface area contributed by atoms with Crippen molar-refractivity contribution in [2.45, 2.75) is 45.1 Å². The highest BCUT2D eigenvalue weighted by molar-refractivity contribution is 5.78. The standard InChI is InChI=1S/C17H25NO3/c1-13(2)14-6-5-8-16(10-14)21-12-17(20)18-9-4-3-7-15(18)11-19/h5-6,8,10,13,15,19H,3-4,7,9,11-12H2,1-2H3. The van der Waals surface area contributed by atoms with E-state index < -0.39 is 0 Å². The summed E-state index contributed by atoms with van der Waals surface area (Å²) in [5.41, 5.74) is 1.20. The molecular formula is C17H25NO3. The van der Waals surface area contributed by atoms with E-state index in [1.54, 1.807) is 4.90 Å². The van der Waals surface area contributed by atoms with Crippen LogP contribution in [0.15, 0.2) is 24.3 Å². The fraction of sp³-hybridized carbons (Fsp3) is 0.588. The lowest BCUT2D eigenvalue weighted by Gasteiger charge is -2.34. The van der Waals surface area contributed by atoms with Gasteiger partial charge in [-0.25, -0.2) is 0 Å². The fourth-order valence-corrected chi connectivity index (χ4v) is 2.71. The summed E-state index contributed by atoms with van der Waals surface area (Å²) in [7, 11) is 0. The highest BCUT2D eigenvalue weighted by Gasteiger charge is 2.26. The van der Waals surface area contributed by atoms with Crippen LogP contribution in [0.3, 0.4) is 0 Å². The van der Waals surface area contributed by atoms with Crippen molar-refractivity contribution in [3.63, 3.8) is 0 Å². The molecule has 0 aliphatic carbocycles. The first-order valence-corrected chi connectivity index (χ1v) is 7.75. The van der Waals surface area contributed by atoms with Crippen molar-refractivity contribution in [3.05, 3.63) is 29.8 Å². The first-order chi connectivity index (χ1) is 10.1. The van der Waals surface area contributed by atoms with Gasteiger partial charge in [-0.1, -0.05) is 26.0 Å². The van der Waals surface area contributed by atoms with Gasteiger partial charge in [0.05, 0.1) is 12.6 Å². The molecule has 1 amide bonds. The molecule has 2 rings (SSSR count). The summed E-state index contributed by atoms with van der Waals surface area (Å²) in [5, 5.41) is 9.36. The highest BCUT2D eigenvalue weighted by atomic mass is 16.5. The second-order valence-electron chi connectivity index (χ2n) is 5.94. The number of piperidine rings is 1. The Labute approximate surface area is 126 Å². The Morgan fingerprint density at radius 1 is 1.43 bits per heavy atom. The minimum atomic E-state index is -0.0446. The molecule has 116 valence electrons. The van der Waals surface area contributed by atoms with Gasteiger partial charge in [0, 0.05) is 6.54 Å². The van der Waals surface area contributed by atoms with Crippen molar-refractivity contribution in [1.82, 2.24) is 4.90 Å². The molecule has 1 unspecified atom stereocenters. The normalized spacial score (nSPS) is 18.9. The third-order valence-electron chi connectivity index (χ3n) is 4.05. The topological polar surface area (TPSA) is 49.8 Å². The number of ether oxygens (including phenoxy) is 1. The summed E-state index contributed by atoms with van der Waals surface area (Å²) in [4.78, 5) is 14.0. The number of aliphatic hydroxyl groups excluding tert-OH is 1. The minimum absolute atomic E-state index is 0.0363. The monoisotopic (exact) mass is 291 g/mol. The molecule has 1 aliphatic heterocycles. The molecule has 0 aromatic heterocycles. The first kappa shape index (κ1) is 15.8. The molecule has 0 bridgehead atoms. The smallest absolute Gasteiger partial charge is 0.260 e. The van der Waals surface area contributed by atoms with Gasteiger partial charge in [-0.15, -0.1) is 0 Å². The molecule has 4 nitrogen and oxygen atoms in total. The van der Waals surface area contributed by atoms with E-state index in [0.717, 1.165) is 31.6 Å². The number of hydrogen-bond donors (Lipinski definition) is 1. The lowest BCUT2D eigenvalue weighted by Crippen LogP contribution is -2.47. The quantitative estimate of drug-likeness (QED) is 0.907. The molecule has 1 aromatic rings. The van der Waals surface area contributed by atoms with Crippen molar-refractivity contribution < 1.29 is 14.6 Å². The molecule has 0 spiro atoms. The summed E-state index contributed by atoms with van der Waals surface area (Å²) in [6.07, 6.45) is 2.96. The van der Waals surface area contributed by atoms with Gasteiger partial charge in [-0.05, 0) is 42.9 Å². The van der Waals surface area contributed by atoms with E-state index in [9.17, 15) is 9.90 Å². The van der Waals surface area contributed by atoms with Crippen LogP contribution >= 0.6 is 0 Å². The Balaban J connectivity index is 1.92. The molecule has 1 aromatic carbocycles. The van der Waals surface area contributed by atoms with Gasteiger partial charge in [-0.2, -0.15) is 0 Å². The SMILES string of the molecule is CC(C)c1cccc(OCC(=O)N2CCCCC2CO)c1. The predicted octanol–water partition coefficient (Wildman–Crippen LogP) is 2.56. The van der Waals surface area contributed by atoms with Crippen LogP contribution < -0.4 is 4.74 Å². The number of hydrogen-bond acceptors (Lipinski definition) is 3. The Morgan fingerprint density at radius 2 is 2.24 bits per heavy atom. The fourth-order valence-electron chi connectivity index (χ4n) is 2.71. The number of carbonyl (C=O) groups is 1. The third-order valence-corrected chi connectivity index (χ3v) is 4.05. The highest BCUT2D eigenvalue weighted by Crippen LogP contribution is 2.21. The van der Waals surface area contributed by atoms with Gasteiger partial charge >= 0.3 is 0 Å². The van der Waals surface area contributed by atoms with Crippen molar-refractivity contribution in [3.8, 4) is 5.75 Å². The molecule has 21 heavy (non-hydrogen) atoms. The summed E-state index contributed by atoms with van der Waals surface area (Å²) >= 11 is 0. The number of carbonyl (C=O) groups excluding carboxylic acids is 1. The molecule has 0 radical (unpaired) electrons. The van der Waals surface area contributed by atoms with Gasteiger partial charge in [0.15, 0.2) is 6.61 Å². The first-order valence-electron chi connectivity index (χ1n) is 7.75. The van der Waals surface area contributed by atoms with Crippen molar-refractivity contribution in [2.75, 3.05) is 19.8 Å². The molecule has 1 fully saturated rings. The molecule has 0 saturated carbocycles. The van der Waals surface area contributed by atoms with Gasteiger partial charge in [0.25, 0.3) is 5.91 Å². The molecule has 1 aliphatic rings. The van der Waals surface area contributed by atoms with Crippen molar-refractivity contribution in [2.24, 2.45) is 0 Å². The van der Waals surface area contributed by atoms with Crippen LogP contribution in [0.5, 0.6) is 5.75 Å². The zero-order chi connectivity index (χ0) is 15.2. The maximum absolute atomic E-state index is 12.2. The van der Waals surface area contributed by atoms with Crippen LogP contribution in [0.2, 0.25) is 0 Å². The lowest BCUT2D eigenvalue weighted by atomic mass is 10.0. The number of amides is 1. The largest absolute Gasteiger partial charge is 0.484 e. The number of benzene rings is 1. The average Bonchev–Trinajstić information content (AvgIpc) is 2.52. The molecule has 1 N–H and O–H groups in total. The second kappa shape index (κ2) is 7.46. The molecule has 1 atom stereocenters. The van der Waals surface area contributed by atoms with E-state index >= 15 is 0 Å². The van der Waals surface area contributed by atoms with Crippen LogP contribution in [-0.4, -0.2) is 41.7 Å². The molecule has 1 saturated heterocycles. The Kier molecular flexibility index (Phi) is 5.62. The van der Waals surface area contributed by atoms with Gasteiger partial charge in [0.2, 0.25) is 0 Å².